The average Bonchev–Trinajstić information content (AvgIpc) is 2.96. The van der Waals surface area contributed by atoms with Crippen molar-refractivity contribution in [2.24, 2.45) is 0 Å². The number of nitrogens with zero attached hydrogens (tertiary/aromatic N) is 2. The molecule has 0 bridgehead atoms. The minimum absolute atomic E-state index is 0.0338. The highest BCUT2D eigenvalue weighted by atomic mass is 32.1. The van der Waals surface area contributed by atoms with E-state index in [1.165, 1.54) is 5.56 Å². The minimum Gasteiger partial charge on any atom is -0.407 e. The quantitative estimate of drug-likeness (QED) is 0.880. The Balaban J connectivity index is 1.90. The fourth-order valence-corrected chi connectivity index (χ4v) is 2.27. The molecule has 0 saturated carbocycles. The summed E-state index contributed by atoms with van der Waals surface area (Å²) in [7, 11) is 0. The van der Waals surface area contributed by atoms with Gasteiger partial charge in [-0.3, -0.25) is 0 Å². The number of rotatable bonds is 5. The van der Waals surface area contributed by atoms with Gasteiger partial charge in [0.05, 0.1) is 12.6 Å². The lowest BCUT2D eigenvalue weighted by atomic mass is 10.1. The first-order valence-corrected chi connectivity index (χ1v) is 7.24. The molecule has 0 fully saturated rings. The Morgan fingerprint density at radius 2 is 2.16 bits per heavy atom. The van der Waals surface area contributed by atoms with Gasteiger partial charge in [0.25, 0.3) is 0 Å². The molecule has 0 spiro atoms. The van der Waals surface area contributed by atoms with Crippen LogP contribution in [0.5, 0.6) is 0 Å². The van der Waals surface area contributed by atoms with Gasteiger partial charge in [-0.15, -0.1) is 5.10 Å². The summed E-state index contributed by atoms with van der Waals surface area (Å²) in [6.07, 6.45) is 0. The maximum absolute atomic E-state index is 5.56. The second kappa shape index (κ2) is 5.71. The van der Waals surface area contributed by atoms with Gasteiger partial charge in [0.1, 0.15) is 0 Å². The first kappa shape index (κ1) is 14.0. The maximum Gasteiger partial charge on any atom is 0.315 e. The summed E-state index contributed by atoms with van der Waals surface area (Å²) in [4.78, 5) is 0. The highest BCUT2D eigenvalue weighted by molar-refractivity contribution is 7.07. The topological polar surface area (TPSA) is 63.0 Å². The molecular weight excluding hydrogens is 260 g/mol. The second-order valence-electron chi connectivity index (χ2n) is 5.53. The predicted molar refractivity (Wildman–Crippen MR) is 77.2 cm³/mol. The van der Waals surface area contributed by atoms with Crippen LogP contribution in [0.4, 0.5) is 6.01 Å². The molecule has 104 valence electrons. The van der Waals surface area contributed by atoms with Gasteiger partial charge in [-0.1, -0.05) is 5.10 Å². The Hall–Kier alpha value is -1.40. The second-order valence-corrected chi connectivity index (χ2v) is 6.31. The van der Waals surface area contributed by atoms with Gasteiger partial charge in [-0.25, -0.2) is 0 Å². The van der Waals surface area contributed by atoms with Gasteiger partial charge >= 0.3 is 6.01 Å². The number of hydrogen-bond donors (Lipinski definition) is 2. The van der Waals surface area contributed by atoms with Crippen LogP contribution in [0.25, 0.3) is 0 Å². The van der Waals surface area contributed by atoms with E-state index in [-0.39, 0.29) is 11.6 Å². The highest BCUT2D eigenvalue weighted by Crippen LogP contribution is 2.20. The maximum atomic E-state index is 5.56. The van der Waals surface area contributed by atoms with Crippen LogP contribution < -0.4 is 10.6 Å². The van der Waals surface area contributed by atoms with E-state index < -0.39 is 0 Å². The Labute approximate surface area is 117 Å². The summed E-state index contributed by atoms with van der Waals surface area (Å²) in [6.45, 7) is 8.94. The average molecular weight is 280 g/mol. The number of nitrogens with one attached hydrogen (secondary N) is 2. The molecule has 5 nitrogen and oxygen atoms in total. The molecule has 2 rings (SSSR count). The van der Waals surface area contributed by atoms with Crippen LogP contribution in [-0.2, 0) is 6.54 Å². The number of hydrogen-bond acceptors (Lipinski definition) is 6. The summed E-state index contributed by atoms with van der Waals surface area (Å²) in [5.41, 5.74) is 1.25. The van der Waals surface area contributed by atoms with Crippen LogP contribution in [0, 0.1) is 0 Å². The van der Waals surface area contributed by atoms with E-state index in [1.807, 2.05) is 0 Å². The van der Waals surface area contributed by atoms with Crippen molar-refractivity contribution in [3.05, 3.63) is 28.3 Å². The molecule has 6 heteroatoms. The Kier molecular flexibility index (Phi) is 4.21. The smallest absolute Gasteiger partial charge is 0.315 e. The first-order chi connectivity index (χ1) is 8.94. The van der Waals surface area contributed by atoms with Crippen molar-refractivity contribution < 1.29 is 4.42 Å². The standard InChI is InChI=1S/C13H20N4OS/c1-9(10-5-6-19-8-10)15-12-17-16-11(18-12)7-14-13(2,3)4/h5-6,8-9,14H,7H2,1-4H3,(H,15,17). The SMILES string of the molecule is CC(Nc1nnc(CNC(C)(C)C)o1)c1ccsc1. The van der Waals surface area contributed by atoms with Crippen LogP contribution in [-0.4, -0.2) is 15.7 Å². The lowest BCUT2D eigenvalue weighted by molar-refractivity contribution is 0.383. The number of anilines is 1. The molecule has 0 aromatic carbocycles. The lowest BCUT2D eigenvalue weighted by Gasteiger charge is -2.18. The van der Waals surface area contributed by atoms with Gasteiger partial charge in [0, 0.05) is 5.54 Å². The molecule has 0 aliphatic heterocycles. The monoisotopic (exact) mass is 280 g/mol. The normalized spacial score (nSPS) is 13.5. The molecule has 2 N–H and O–H groups in total. The van der Waals surface area contributed by atoms with E-state index in [0.29, 0.717) is 18.5 Å². The Bertz CT molecular complexity index is 501. The third-order valence-corrected chi connectivity index (χ3v) is 3.32. The van der Waals surface area contributed by atoms with Gasteiger partial charge < -0.3 is 15.1 Å². The van der Waals surface area contributed by atoms with E-state index >= 15 is 0 Å². The van der Waals surface area contributed by atoms with Gasteiger partial charge in [0.15, 0.2) is 0 Å². The number of aromatic nitrogens is 2. The van der Waals surface area contributed by atoms with Gasteiger partial charge in [0.2, 0.25) is 5.89 Å². The fraction of sp³-hybridized carbons (Fsp3) is 0.538. The summed E-state index contributed by atoms with van der Waals surface area (Å²) in [5.74, 6) is 0.593. The molecule has 0 aliphatic carbocycles. The molecule has 1 atom stereocenters. The van der Waals surface area contributed by atoms with Crippen molar-refractivity contribution in [3.63, 3.8) is 0 Å². The molecule has 2 aromatic rings. The molecule has 19 heavy (non-hydrogen) atoms. The molecule has 2 heterocycles. The first-order valence-electron chi connectivity index (χ1n) is 6.30. The van der Waals surface area contributed by atoms with Crippen LogP contribution in [0.3, 0.4) is 0 Å². The van der Waals surface area contributed by atoms with Crippen molar-refractivity contribution in [1.29, 1.82) is 0 Å². The molecule has 1 unspecified atom stereocenters. The summed E-state index contributed by atoms with van der Waals surface area (Å²) in [5, 5.41) is 18.7. The van der Waals surface area contributed by atoms with Crippen molar-refractivity contribution in [1.82, 2.24) is 15.5 Å². The van der Waals surface area contributed by atoms with Gasteiger partial charge in [-0.2, -0.15) is 11.3 Å². The van der Waals surface area contributed by atoms with Crippen molar-refractivity contribution in [3.8, 4) is 0 Å². The van der Waals surface area contributed by atoms with Gasteiger partial charge in [-0.05, 0) is 50.1 Å². The van der Waals surface area contributed by atoms with Crippen LogP contribution in [0.15, 0.2) is 21.2 Å². The molecule has 0 saturated heterocycles. The molecule has 0 amide bonds. The van der Waals surface area contributed by atoms with Crippen LogP contribution in [0.1, 0.15) is 45.2 Å². The minimum atomic E-state index is 0.0338. The molecule has 0 radical (unpaired) electrons. The zero-order valence-corrected chi connectivity index (χ0v) is 12.5. The van der Waals surface area contributed by atoms with Crippen LogP contribution >= 0.6 is 11.3 Å². The van der Waals surface area contributed by atoms with Crippen molar-refractivity contribution in [2.45, 2.75) is 45.8 Å². The largest absolute Gasteiger partial charge is 0.407 e. The molecule has 0 aliphatic rings. The zero-order valence-electron chi connectivity index (χ0n) is 11.7. The summed E-state index contributed by atoms with van der Waals surface area (Å²) < 4.78 is 5.56. The Morgan fingerprint density at radius 3 is 2.79 bits per heavy atom. The Morgan fingerprint density at radius 1 is 1.37 bits per heavy atom. The van der Waals surface area contributed by atoms with Crippen LogP contribution in [0.2, 0.25) is 0 Å². The van der Waals surface area contributed by atoms with Crippen molar-refractivity contribution in [2.75, 3.05) is 5.32 Å². The van der Waals surface area contributed by atoms with E-state index in [9.17, 15) is 0 Å². The lowest BCUT2D eigenvalue weighted by Crippen LogP contribution is -2.35. The molecular formula is C13H20N4OS. The fourth-order valence-electron chi connectivity index (χ4n) is 1.51. The number of thiophene rings is 1. The van der Waals surface area contributed by atoms with E-state index in [0.717, 1.165) is 0 Å². The summed E-state index contributed by atoms with van der Waals surface area (Å²) >= 11 is 1.68. The predicted octanol–water partition coefficient (Wildman–Crippen LogP) is 3.19. The third kappa shape index (κ3) is 4.33. The summed E-state index contributed by atoms with van der Waals surface area (Å²) in [6, 6.07) is 2.71. The third-order valence-electron chi connectivity index (χ3n) is 2.62. The zero-order chi connectivity index (χ0) is 13.9. The van der Waals surface area contributed by atoms with Crippen molar-refractivity contribution >= 4 is 17.4 Å². The van der Waals surface area contributed by atoms with E-state index in [1.54, 1.807) is 11.3 Å². The van der Waals surface area contributed by atoms with E-state index in [2.05, 4.69) is 65.4 Å². The molecule has 2 aromatic heterocycles. The highest BCUT2D eigenvalue weighted by Gasteiger charge is 2.13. The van der Waals surface area contributed by atoms with E-state index in [4.69, 9.17) is 4.42 Å².